The van der Waals surface area contributed by atoms with Crippen molar-refractivity contribution in [2.45, 2.75) is 57.2 Å². The fourth-order valence-electron chi connectivity index (χ4n) is 5.50. The first kappa shape index (κ1) is 16.2. The third-order valence-electron chi connectivity index (χ3n) is 6.63. The number of esters is 1. The molecule has 4 fully saturated rings. The normalized spacial score (nSPS) is 40.8. The van der Waals surface area contributed by atoms with Gasteiger partial charge in [-0.1, -0.05) is 0 Å². The lowest BCUT2D eigenvalue weighted by Gasteiger charge is -2.50. The van der Waals surface area contributed by atoms with Crippen molar-refractivity contribution in [2.75, 3.05) is 26.8 Å². The van der Waals surface area contributed by atoms with Crippen molar-refractivity contribution < 1.29 is 19.1 Å². The number of carbonyl (C=O) groups excluding carboxylic acids is 2. The van der Waals surface area contributed by atoms with Gasteiger partial charge >= 0.3 is 12.1 Å². The first-order chi connectivity index (χ1) is 11.6. The molecule has 3 saturated heterocycles. The van der Waals surface area contributed by atoms with Crippen LogP contribution in [0.4, 0.5) is 4.79 Å². The Balaban J connectivity index is 1.35. The summed E-state index contributed by atoms with van der Waals surface area (Å²) in [7, 11) is 1.48. The highest BCUT2D eigenvalue weighted by molar-refractivity contribution is 5.77. The quantitative estimate of drug-likeness (QED) is 0.737. The zero-order valence-corrected chi connectivity index (χ0v) is 14.6. The highest BCUT2D eigenvalue weighted by Gasteiger charge is 2.61. The maximum absolute atomic E-state index is 12.1. The fourth-order valence-corrected chi connectivity index (χ4v) is 5.50. The number of ether oxygens (including phenoxy) is 2. The van der Waals surface area contributed by atoms with Gasteiger partial charge in [-0.25, -0.2) is 4.79 Å². The molecule has 0 aromatic carbocycles. The van der Waals surface area contributed by atoms with Gasteiger partial charge < -0.3 is 14.4 Å². The second-order valence-corrected chi connectivity index (χ2v) is 7.80. The first-order valence-corrected chi connectivity index (χ1v) is 9.41. The van der Waals surface area contributed by atoms with E-state index in [2.05, 4.69) is 4.90 Å². The fraction of sp³-hybridized carbons (Fsp3) is 0.889. The average Bonchev–Trinajstić information content (AvgIpc) is 3.07. The van der Waals surface area contributed by atoms with Crippen molar-refractivity contribution in [3.8, 4) is 0 Å². The predicted molar refractivity (Wildman–Crippen MR) is 87.4 cm³/mol. The van der Waals surface area contributed by atoms with Crippen molar-refractivity contribution in [2.24, 2.45) is 17.8 Å². The molecule has 0 aromatic heterocycles. The third kappa shape index (κ3) is 2.59. The molecule has 0 radical (unpaired) electrons. The Kier molecular flexibility index (Phi) is 4.19. The lowest BCUT2D eigenvalue weighted by atomic mass is 9.81. The second-order valence-electron chi connectivity index (χ2n) is 7.80. The number of nitrogens with zero attached hydrogens (tertiary/aromatic N) is 2. The van der Waals surface area contributed by atoms with Crippen molar-refractivity contribution in [3.63, 3.8) is 0 Å². The number of methoxy groups -OCH3 is 1. The molecule has 3 heterocycles. The van der Waals surface area contributed by atoms with Crippen molar-refractivity contribution in [1.29, 1.82) is 0 Å². The summed E-state index contributed by atoms with van der Waals surface area (Å²) in [5, 5.41) is 0. The van der Waals surface area contributed by atoms with E-state index < -0.39 is 0 Å². The van der Waals surface area contributed by atoms with E-state index in [0.29, 0.717) is 36.6 Å². The lowest BCUT2D eigenvalue weighted by Crippen LogP contribution is -2.58. The van der Waals surface area contributed by atoms with E-state index in [1.54, 1.807) is 0 Å². The van der Waals surface area contributed by atoms with E-state index in [-0.39, 0.29) is 18.0 Å². The molecule has 4 atom stereocenters. The summed E-state index contributed by atoms with van der Waals surface area (Å²) in [5.41, 5.74) is 0. The standard InChI is InChI=1S/C18H28N2O4/c1-3-24-17(21)16-14-9-19(10-15(14)16)13-7-11-5-4-6-12(8-13)20(11)18(22)23-2/h11-16H,3-10H2,1-2H3. The van der Waals surface area contributed by atoms with Crippen LogP contribution in [0.5, 0.6) is 0 Å². The van der Waals surface area contributed by atoms with E-state index in [4.69, 9.17) is 9.47 Å². The maximum Gasteiger partial charge on any atom is 0.409 e. The molecule has 1 amide bonds. The number of hydrogen-bond donors (Lipinski definition) is 0. The molecular formula is C18H28N2O4. The third-order valence-corrected chi connectivity index (χ3v) is 6.63. The summed E-state index contributed by atoms with van der Waals surface area (Å²) in [6.45, 7) is 4.40. The largest absolute Gasteiger partial charge is 0.466 e. The Morgan fingerprint density at radius 3 is 2.21 bits per heavy atom. The highest BCUT2D eigenvalue weighted by Crippen LogP contribution is 2.53. The van der Waals surface area contributed by atoms with Gasteiger partial charge in [0.2, 0.25) is 0 Å². The summed E-state index contributed by atoms with van der Waals surface area (Å²) in [6.07, 6.45) is 5.34. The molecule has 24 heavy (non-hydrogen) atoms. The molecule has 6 nitrogen and oxygen atoms in total. The van der Waals surface area contributed by atoms with Gasteiger partial charge in [-0.3, -0.25) is 9.69 Å². The van der Waals surface area contributed by atoms with Crippen LogP contribution in [0.3, 0.4) is 0 Å². The zero-order chi connectivity index (χ0) is 16.8. The van der Waals surface area contributed by atoms with E-state index >= 15 is 0 Å². The number of carbonyl (C=O) groups is 2. The van der Waals surface area contributed by atoms with Gasteiger partial charge in [-0.15, -0.1) is 0 Å². The topological polar surface area (TPSA) is 59.1 Å². The molecular weight excluding hydrogens is 308 g/mol. The molecule has 0 N–H and O–H groups in total. The Bertz CT molecular complexity index is 499. The molecule has 0 aromatic rings. The Morgan fingerprint density at radius 2 is 1.67 bits per heavy atom. The molecule has 1 saturated carbocycles. The van der Waals surface area contributed by atoms with Crippen molar-refractivity contribution >= 4 is 12.1 Å². The number of amides is 1. The number of fused-ring (bicyclic) bond motifs is 3. The van der Waals surface area contributed by atoms with Crippen LogP contribution >= 0.6 is 0 Å². The number of piperidine rings is 3. The van der Waals surface area contributed by atoms with Gasteiger partial charge in [0.15, 0.2) is 0 Å². The van der Waals surface area contributed by atoms with Gasteiger partial charge in [0.1, 0.15) is 0 Å². The molecule has 6 heteroatoms. The molecule has 134 valence electrons. The smallest absolute Gasteiger partial charge is 0.409 e. The number of likely N-dealkylation sites (tertiary alicyclic amines) is 1. The molecule has 4 unspecified atom stereocenters. The Hall–Kier alpha value is -1.30. The number of hydrogen-bond acceptors (Lipinski definition) is 5. The lowest BCUT2D eigenvalue weighted by molar-refractivity contribution is -0.145. The SMILES string of the molecule is CCOC(=O)C1C2CN(C3CC4CCCC(C3)N4C(=O)OC)CC21. The summed E-state index contributed by atoms with van der Waals surface area (Å²) >= 11 is 0. The summed E-state index contributed by atoms with van der Waals surface area (Å²) in [4.78, 5) is 28.6. The van der Waals surface area contributed by atoms with Crippen LogP contribution in [0.1, 0.15) is 39.0 Å². The van der Waals surface area contributed by atoms with Crippen molar-refractivity contribution in [1.82, 2.24) is 9.80 Å². The van der Waals surface area contributed by atoms with E-state index in [9.17, 15) is 9.59 Å². The summed E-state index contributed by atoms with van der Waals surface area (Å²) < 4.78 is 10.2. The molecule has 4 rings (SSSR count). The van der Waals surface area contributed by atoms with Crippen LogP contribution in [0.15, 0.2) is 0 Å². The highest BCUT2D eigenvalue weighted by atomic mass is 16.5. The Morgan fingerprint density at radius 1 is 1.04 bits per heavy atom. The van der Waals surface area contributed by atoms with Crippen LogP contribution in [-0.4, -0.2) is 66.8 Å². The molecule has 3 aliphatic heterocycles. The average molecular weight is 336 g/mol. The van der Waals surface area contributed by atoms with Gasteiger partial charge in [0.25, 0.3) is 0 Å². The van der Waals surface area contributed by atoms with Crippen LogP contribution in [-0.2, 0) is 14.3 Å². The van der Waals surface area contributed by atoms with Crippen LogP contribution in [0, 0.1) is 17.8 Å². The van der Waals surface area contributed by atoms with Crippen LogP contribution < -0.4 is 0 Å². The summed E-state index contributed by atoms with van der Waals surface area (Å²) in [5.74, 6) is 1.16. The van der Waals surface area contributed by atoms with Gasteiger partial charge in [0.05, 0.1) is 19.6 Å². The molecule has 1 aliphatic carbocycles. The minimum Gasteiger partial charge on any atom is -0.466 e. The van der Waals surface area contributed by atoms with Crippen LogP contribution in [0.25, 0.3) is 0 Å². The molecule has 0 spiro atoms. The second kappa shape index (κ2) is 6.21. The Labute approximate surface area is 143 Å². The number of rotatable bonds is 3. The van der Waals surface area contributed by atoms with Gasteiger partial charge in [-0.05, 0) is 50.9 Å². The molecule has 2 bridgehead atoms. The van der Waals surface area contributed by atoms with E-state index in [1.807, 2.05) is 11.8 Å². The van der Waals surface area contributed by atoms with E-state index in [0.717, 1.165) is 38.8 Å². The minimum atomic E-state index is -0.158. The summed E-state index contributed by atoms with van der Waals surface area (Å²) in [6, 6.07) is 1.21. The molecule has 4 aliphatic rings. The predicted octanol–water partition coefficient (Wildman–Crippen LogP) is 1.88. The maximum atomic E-state index is 12.1. The first-order valence-electron chi connectivity index (χ1n) is 9.41. The van der Waals surface area contributed by atoms with Crippen LogP contribution in [0.2, 0.25) is 0 Å². The van der Waals surface area contributed by atoms with Crippen molar-refractivity contribution in [3.05, 3.63) is 0 Å². The van der Waals surface area contributed by atoms with Gasteiger partial charge in [-0.2, -0.15) is 0 Å². The zero-order valence-electron chi connectivity index (χ0n) is 14.6. The minimum absolute atomic E-state index is 0.00419. The van der Waals surface area contributed by atoms with E-state index in [1.165, 1.54) is 13.5 Å². The van der Waals surface area contributed by atoms with Gasteiger partial charge in [0, 0.05) is 31.2 Å². The monoisotopic (exact) mass is 336 g/mol.